The van der Waals surface area contributed by atoms with Gasteiger partial charge in [0, 0.05) is 15.8 Å². The number of rotatable bonds is 4. The molecule has 0 amide bonds. The molecule has 1 heterocycles. The summed E-state index contributed by atoms with van der Waals surface area (Å²) >= 11 is 1.96. The fourth-order valence-corrected chi connectivity index (χ4v) is 4.83. The van der Waals surface area contributed by atoms with E-state index in [-0.39, 0.29) is 0 Å². The Hall–Kier alpha value is -1.12. The van der Waals surface area contributed by atoms with Gasteiger partial charge in [-0.1, -0.05) is 32.0 Å². The average Bonchev–Trinajstić information content (AvgIpc) is 2.96. The van der Waals surface area contributed by atoms with Crippen LogP contribution in [0.3, 0.4) is 0 Å². The van der Waals surface area contributed by atoms with Gasteiger partial charge in [0.2, 0.25) is 0 Å². The van der Waals surface area contributed by atoms with Crippen molar-refractivity contribution in [2.45, 2.75) is 45.6 Å². The largest absolute Gasteiger partial charge is 0.312 e. The van der Waals surface area contributed by atoms with Gasteiger partial charge in [-0.05, 0) is 67.5 Å². The molecule has 0 spiro atoms. The normalized spacial score (nSPS) is 16.0. The predicted molar refractivity (Wildman–Crippen MR) is 93.0 cm³/mol. The highest BCUT2D eigenvalue weighted by molar-refractivity contribution is 7.15. The van der Waals surface area contributed by atoms with Crippen LogP contribution in [0.4, 0.5) is 0 Å². The molecule has 0 bridgehead atoms. The van der Waals surface area contributed by atoms with Crippen molar-refractivity contribution in [2.75, 3.05) is 7.05 Å². The van der Waals surface area contributed by atoms with Crippen LogP contribution in [0, 0.1) is 5.92 Å². The molecule has 1 aromatic carbocycles. The van der Waals surface area contributed by atoms with E-state index in [0.29, 0.717) is 12.0 Å². The molecule has 1 nitrogen and oxygen atoms in total. The van der Waals surface area contributed by atoms with Crippen LogP contribution in [0.1, 0.15) is 48.7 Å². The van der Waals surface area contributed by atoms with E-state index in [4.69, 9.17) is 0 Å². The topological polar surface area (TPSA) is 12.0 Å². The van der Waals surface area contributed by atoms with Gasteiger partial charge in [-0.3, -0.25) is 0 Å². The van der Waals surface area contributed by atoms with Gasteiger partial charge in [0.15, 0.2) is 0 Å². The first-order valence-corrected chi connectivity index (χ1v) is 8.90. The first kappa shape index (κ1) is 14.8. The second-order valence-corrected chi connectivity index (χ2v) is 7.48. The van der Waals surface area contributed by atoms with Gasteiger partial charge in [0.1, 0.15) is 0 Å². The zero-order valence-electron chi connectivity index (χ0n) is 13.3. The number of thiophene rings is 1. The number of fused-ring (bicyclic) bond motifs is 1. The van der Waals surface area contributed by atoms with Gasteiger partial charge in [-0.25, -0.2) is 0 Å². The van der Waals surface area contributed by atoms with Crippen LogP contribution in [-0.4, -0.2) is 7.05 Å². The first-order valence-electron chi connectivity index (χ1n) is 8.09. The van der Waals surface area contributed by atoms with Crippen molar-refractivity contribution in [1.29, 1.82) is 0 Å². The van der Waals surface area contributed by atoms with E-state index in [2.05, 4.69) is 56.5 Å². The lowest BCUT2D eigenvalue weighted by molar-refractivity contribution is 0.449. The number of hydrogen-bond donors (Lipinski definition) is 1. The third-order valence-electron chi connectivity index (χ3n) is 4.57. The first-order chi connectivity index (χ1) is 10.2. The molecule has 0 radical (unpaired) electrons. The molecule has 21 heavy (non-hydrogen) atoms. The molecule has 0 aliphatic heterocycles. The van der Waals surface area contributed by atoms with Crippen molar-refractivity contribution in [3.8, 4) is 10.4 Å². The van der Waals surface area contributed by atoms with Crippen LogP contribution < -0.4 is 5.32 Å². The number of benzene rings is 1. The van der Waals surface area contributed by atoms with Gasteiger partial charge < -0.3 is 5.32 Å². The molecule has 1 aliphatic rings. The summed E-state index contributed by atoms with van der Waals surface area (Å²) in [4.78, 5) is 2.89. The van der Waals surface area contributed by atoms with Crippen LogP contribution in [0.25, 0.3) is 10.4 Å². The molecule has 2 aromatic rings. The van der Waals surface area contributed by atoms with E-state index in [0.717, 1.165) is 0 Å². The van der Waals surface area contributed by atoms with E-state index in [1.165, 1.54) is 41.0 Å². The molecule has 1 aliphatic carbocycles. The summed E-state index contributed by atoms with van der Waals surface area (Å²) in [6, 6.07) is 11.9. The van der Waals surface area contributed by atoms with Crippen molar-refractivity contribution in [1.82, 2.24) is 5.32 Å². The van der Waals surface area contributed by atoms with Crippen molar-refractivity contribution in [3.63, 3.8) is 0 Å². The van der Waals surface area contributed by atoms with Crippen LogP contribution in [0.5, 0.6) is 0 Å². The molecule has 1 unspecified atom stereocenters. The lowest BCUT2D eigenvalue weighted by Gasteiger charge is -2.19. The minimum absolute atomic E-state index is 0.461. The molecule has 0 fully saturated rings. The summed E-state index contributed by atoms with van der Waals surface area (Å²) in [5.74, 6) is 0.617. The number of aryl methyl sites for hydroxylation is 1. The van der Waals surface area contributed by atoms with Gasteiger partial charge in [0.25, 0.3) is 0 Å². The maximum Gasteiger partial charge on any atom is 0.0435 e. The second-order valence-electron chi connectivity index (χ2n) is 6.36. The van der Waals surface area contributed by atoms with Crippen LogP contribution in [0.2, 0.25) is 0 Å². The minimum atomic E-state index is 0.461. The Morgan fingerprint density at radius 2 is 1.86 bits per heavy atom. The molecule has 2 heteroatoms. The zero-order chi connectivity index (χ0) is 14.8. The van der Waals surface area contributed by atoms with Gasteiger partial charge >= 0.3 is 0 Å². The molecule has 0 saturated heterocycles. The average molecular weight is 299 g/mol. The second kappa shape index (κ2) is 6.33. The van der Waals surface area contributed by atoms with Crippen LogP contribution >= 0.6 is 11.3 Å². The SMILES string of the molecule is CNC(c1ccc(-c2cccc3c2CCCC3)s1)C(C)C. The summed E-state index contributed by atoms with van der Waals surface area (Å²) in [7, 11) is 2.06. The lowest BCUT2D eigenvalue weighted by Crippen LogP contribution is -2.20. The van der Waals surface area contributed by atoms with E-state index < -0.39 is 0 Å². The molecule has 1 aromatic heterocycles. The van der Waals surface area contributed by atoms with Crippen LogP contribution in [0.15, 0.2) is 30.3 Å². The van der Waals surface area contributed by atoms with Crippen LogP contribution in [-0.2, 0) is 12.8 Å². The molecule has 3 rings (SSSR count). The van der Waals surface area contributed by atoms with E-state index >= 15 is 0 Å². The third-order valence-corrected chi connectivity index (χ3v) is 5.77. The van der Waals surface area contributed by atoms with E-state index in [1.54, 1.807) is 11.1 Å². The Bertz CT molecular complexity index is 612. The third kappa shape index (κ3) is 2.93. The van der Waals surface area contributed by atoms with Gasteiger partial charge in [-0.2, -0.15) is 0 Å². The standard InChI is InChI=1S/C19H25NS/c1-13(2)19(20-3)18-12-11-17(21-18)16-10-6-8-14-7-4-5-9-15(14)16/h6,8,10-13,19-20H,4-5,7,9H2,1-3H3. The summed E-state index contributed by atoms with van der Waals surface area (Å²) in [5.41, 5.74) is 4.65. The van der Waals surface area contributed by atoms with E-state index in [9.17, 15) is 0 Å². The Labute approximate surface area is 132 Å². The number of hydrogen-bond acceptors (Lipinski definition) is 2. The summed E-state index contributed by atoms with van der Waals surface area (Å²) in [6.07, 6.45) is 5.19. The maximum atomic E-state index is 3.46. The van der Waals surface area contributed by atoms with Gasteiger partial charge in [-0.15, -0.1) is 11.3 Å². The monoisotopic (exact) mass is 299 g/mol. The molecule has 0 saturated carbocycles. The Morgan fingerprint density at radius 3 is 2.62 bits per heavy atom. The highest BCUT2D eigenvalue weighted by atomic mass is 32.1. The minimum Gasteiger partial charge on any atom is -0.312 e. The summed E-state index contributed by atoms with van der Waals surface area (Å²) in [6.45, 7) is 4.57. The fourth-order valence-electron chi connectivity index (χ4n) is 3.48. The lowest BCUT2D eigenvalue weighted by atomic mass is 9.88. The van der Waals surface area contributed by atoms with E-state index in [1.807, 2.05) is 11.3 Å². The quantitative estimate of drug-likeness (QED) is 0.817. The Balaban J connectivity index is 1.97. The van der Waals surface area contributed by atoms with Gasteiger partial charge in [0.05, 0.1) is 0 Å². The van der Waals surface area contributed by atoms with Crippen molar-refractivity contribution >= 4 is 11.3 Å². The molecule has 1 atom stereocenters. The Morgan fingerprint density at radius 1 is 1.05 bits per heavy atom. The molecular weight excluding hydrogens is 274 g/mol. The van der Waals surface area contributed by atoms with Crippen molar-refractivity contribution in [3.05, 3.63) is 46.3 Å². The van der Waals surface area contributed by atoms with Crippen molar-refractivity contribution < 1.29 is 0 Å². The highest BCUT2D eigenvalue weighted by Gasteiger charge is 2.18. The summed E-state index contributed by atoms with van der Waals surface area (Å²) < 4.78 is 0. The molecular formula is C19H25NS. The maximum absolute atomic E-state index is 3.46. The summed E-state index contributed by atoms with van der Waals surface area (Å²) in [5, 5.41) is 3.46. The predicted octanol–water partition coefficient (Wildman–Crippen LogP) is 5.21. The molecule has 1 N–H and O–H groups in total. The number of nitrogens with one attached hydrogen (secondary N) is 1. The smallest absolute Gasteiger partial charge is 0.0435 e. The molecule has 112 valence electrons. The zero-order valence-corrected chi connectivity index (χ0v) is 14.1. The highest BCUT2D eigenvalue weighted by Crippen LogP contribution is 2.38. The van der Waals surface area contributed by atoms with Crippen molar-refractivity contribution in [2.24, 2.45) is 5.92 Å². The fraction of sp³-hybridized carbons (Fsp3) is 0.474. The Kier molecular flexibility index (Phi) is 4.46.